The van der Waals surface area contributed by atoms with E-state index in [0.29, 0.717) is 15.7 Å². The van der Waals surface area contributed by atoms with Crippen molar-refractivity contribution in [2.75, 3.05) is 23.7 Å². The van der Waals surface area contributed by atoms with Gasteiger partial charge in [-0.05, 0) is 25.0 Å². The number of anilines is 2. The molecule has 1 fully saturated rings. The van der Waals surface area contributed by atoms with Crippen LogP contribution < -0.4 is 10.6 Å². The van der Waals surface area contributed by atoms with Crippen molar-refractivity contribution in [2.45, 2.75) is 12.8 Å². The van der Waals surface area contributed by atoms with Gasteiger partial charge in [0.25, 0.3) is 0 Å². The molecule has 0 aromatic heterocycles. The zero-order valence-corrected chi connectivity index (χ0v) is 9.28. The molecule has 0 amide bonds. The Bertz CT molecular complexity index is 346. The van der Waals surface area contributed by atoms with Gasteiger partial charge in [0.15, 0.2) is 0 Å². The van der Waals surface area contributed by atoms with Crippen molar-refractivity contribution < 1.29 is 0 Å². The lowest BCUT2D eigenvalue weighted by atomic mass is 10.2. The van der Waals surface area contributed by atoms with Gasteiger partial charge in [0.05, 0.1) is 21.4 Å². The molecule has 0 saturated carbocycles. The Kier molecular flexibility index (Phi) is 2.75. The Labute approximate surface area is 93.6 Å². The average Bonchev–Trinajstić information content (AvgIpc) is 2.64. The minimum absolute atomic E-state index is 0.520. The molecule has 0 unspecified atom stereocenters. The van der Waals surface area contributed by atoms with Crippen molar-refractivity contribution in [3.05, 3.63) is 22.2 Å². The molecular weight excluding hydrogens is 219 g/mol. The predicted octanol–water partition coefficient (Wildman–Crippen LogP) is 3.18. The first-order chi connectivity index (χ1) is 6.68. The minimum atomic E-state index is 0.520. The number of rotatable bonds is 1. The summed E-state index contributed by atoms with van der Waals surface area (Å²) in [5, 5.41) is 1.09. The predicted molar refractivity (Wildman–Crippen MR) is 62.3 cm³/mol. The van der Waals surface area contributed by atoms with E-state index >= 15 is 0 Å². The molecular formula is C10H12Cl2N2. The lowest BCUT2D eigenvalue weighted by molar-refractivity contribution is 0.949. The van der Waals surface area contributed by atoms with Gasteiger partial charge in [-0.1, -0.05) is 23.2 Å². The van der Waals surface area contributed by atoms with E-state index in [-0.39, 0.29) is 0 Å². The van der Waals surface area contributed by atoms with Crippen LogP contribution in [0.15, 0.2) is 12.1 Å². The van der Waals surface area contributed by atoms with E-state index in [2.05, 4.69) is 4.90 Å². The summed E-state index contributed by atoms with van der Waals surface area (Å²) in [5.41, 5.74) is 7.61. The molecule has 4 heteroatoms. The molecule has 0 bridgehead atoms. The summed E-state index contributed by atoms with van der Waals surface area (Å²) in [7, 11) is 0. The van der Waals surface area contributed by atoms with E-state index < -0.39 is 0 Å². The summed E-state index contributed by atoms with van der Waals surface area (Å²) in [5.74, 6) is 0. The molecule has 0 radical (unpaired) electrons. The summed E-state index contributed by atoms with van der Waals surface area (Å²) in [6.07, 6.45) is 2.44. The monoisotopic (exact) mass is 230 g/mol. The molecule has 0 spiro atoms. The molecule has 1 aliphatic rings. The molecule has 1 saturated heterocycles. The summed E-state index contributed by atoms with van der Waals surface area (Å²) in [6.45, 7) is 2.12. The van der Waals surface area contributed by atoms with E-state index in [1.807, 2.05) is 6.07 Å². The van der Waals surface area contributed by atoms with Gasteiger partial charge in [-0.3, -0.25) is 0 Å². The second kappa shape index (κ2) is 3.87. The van der Waals surface area contributed by atoms with Crippen LogP contribution in [0.5, 0.6) is 0 Å². The minimum Gasteiger partial charge on any atom is -0.397 e. The molecule has 1 aliphatic heterocycles. The van der Waals surface area contributed by atoms with Crippen LogP contribution >= 0.6 is 23.2 Å². The largest absolute Gasteiger partial charge is 0.397 e. The van der Waals surface area contributed by atoms with E-state index in [0.717, 1.165) is 18.8 Å². The first-order valence-electron chi connectivity index (χ1n) is 4.68. The zero-order valence-electron chi connectivity index (χ0n) is 7.76. The van der Waals surface area contributed by atoms with Gasteiger partial charge < -0.3 is 10.6 Å². The Balaban J connectivity index is 2.37. The zero-order chi connectivity index (χ0) is 10.1. The quantitative estimate of drug-likeness (QED) is 0.752. The van der Waals surface area contributed by atoms with Gasteiger partial charge in [-0.25, -0.2) is 0 Å². The van der Waals surface area contributed by atoms with Crippen LogP contribution in [-0.2, 0) is 0 Å². The average molecular weight is 231 g/mol. The number of hydrogen-bond acceptors (Lipinski definition) is 2. The van der Waals surface area contributed by atoms with Crippen LogP contribution in [0.4, 0.5) is 11.4 Å². The second-order valence-electron chi connectivity index (χ2n) is 3.52. The van der Waals surface area contributed by atoms with Gasteiger partial charge in [0, 0.05) is 13.1 Å². The number of hydrogen-bond donors (Lipinski definition) is 1. The van der Waals surface area contributed by atoms with E-state index in [4.69, 9.17) is 28.9 Å². The maximum Gasteiger partial charge on any atom is 0.0615 e. The smallest absolute Gasteiger partial charge is 0.0615 e. The highest BCUT2D eigenvalue weighted by Gasteiger charge is 2.16. The number of halogens is 2. The van der Waals surface area contributed by atoms with Gasteiger partial charge in [-0.15, -0.1) is 0 Å². The van der Waals surface area contributed by atoms with Crippen molar-refractivity contribution in [3.63, 3.8) is 0 Å². The highest BCUT2D eigenvalue weighted by molar-refractivity contribution is 6.42. The van der Waals surface area contributed by atoms with Gasteiger partial charge in [0.2, 0.25) is 0 Å². The fraction of sp³-hybridized carbons (Fsp3) is 0.400. The van der Waals surface area contributed by atoms with Crippen molar-refractivity contribution >= 4 is 34.6 Å². The Morgan fingerprint density at radius 2 is 1.64 bits per heavy atom. The molecule has 0 atom stereocenters. The SMILES string of the molecule is Nc1cc(Cl)c(Cl)cc1N1CCCC1. The van der Waals surface area contributed by atoms with Crippen LogP contribution in [0.1, 0.15) is 12.8 Å². The van der Waals surface area contributed by atoms with Gasteiger partial charge in [-0.2, -0.15) is 0 Å². The summed E-state index contributed by atoms with van der Waals surface area (Å²) < 4.78 is 0. The molecule has 2 nitrogen and oxygen atoms in total. The Hall–Kier alpha value is -0.600. The lowest BCUT2D eigenvalue weighted by Crippen LogP contribution is -2.18. The van der Waals surface area contributed by atoms with Crippen molar-refractivity contribution in [3.8, 4) is 0 Å². The highest BCUT2D eigenvalue weighted by atomic mass is 35.5. The second-order valence-corrected chi connectivity index (χ2v) is 4.33. The fourth-order valence-electron chi connectivity index (χ4n) is 1.78. The third-order valence-electron chi connectivity index (χ3n) is 2.52. The van der Waals surface area contributed by atoms with Crippen molar-refractivity contribution in [1.82, 2.24) is 0 Å². The van der Waals surface area contributed by atoms with E-state index in [1.165, 1.54) is 12.8 Å². The van der Waals surface area contributed by atoms with Crippen LogP contribution in [-0.4, -0.2) is 13.1 Å². The first-order valence-corrected chi connectivity index (χ1v) is 5.43. The molecule has 76 valence electrons. The first kappa shape index (κ1) is 9.94. The van der Waals surface area contributed by atoms with Crippen molar-refractivity contribution in [2.24, 2.45) is 0 Å². The summed E-state index contributed by atoms with van der Waals surface area (Å²) >= 11 is 11.8. The summed E-state index contributed by atoms with van der Waals surface area (Å²) in [6, 6.07) is 3.57. The van der Waals surface area contributed by atoms with Crippen LogP contribution in [0.3, 0.4) is 0 Å². The summed E-state index contributed by atoms with van der Waals surface area (Å²) in [4.78, 5) is 2.25. The third-order valence-corrected chi connectivity index (χ3v) is 3.24. The van der Waals surface area contributed by atoms with Gasteiger partial charge >= 0.3 is 0 Å². The van der Waals surface area contributed by atoms with Crippen molar-refractivity contribution in [1.29, 1.82) is 0 Å². The van der Waals surface area contributed by atoms with E-state index in [1.54, 1.807) is 6.07 Å². The Morgan fingerprint density at radius 1 is 1.07 bits per heavy atom. The molecule has 2 rings (SSSR count). The molecule has 1 heterocycles. The maximum atomic E-state index is 5.95. The maximum absolute atomic E-state index is 5.95. The molecule has 14 heavy (non-hydrogen) atoms. The molecule has 1 aromatic carbocycles. The van der Waals surface area contributed by atoms with Crippen LogP contribution in [0, 0.1) is 0 Å². The Morgan fingerprint density at radius 3 is 2.29 bits per heavy atom. The molecule has 0 aliphatic carbocycles. The molecule has 1 aromatic rings. The fourth-order valence-corrected chi connectivity index (χ4v) is 2.11. The highest BCUT2D eigenvalue weighted by Crippen LogP contribution is 2.34. The lowest BCUT2D eigenvalue weighted by Gasteiger charge is -2.20. The number of benzene rings is 1. The van der Waals surface area contributed by atoms with Gasteiger partial charge in [0.1, 0.15) is 0 Å². The standard InChI is InChI=1S/C10H12Cl2N2/c11-7-5-9(13)10(6-8(7)12)14-3-1-2-4-14/h5-6H,1-4,13H2. The topological polar surface area (TPSA) is 29.3 Å². The number of nitrogen functional groups attached to an aromatic ring is 1. The normalized spacial score (nSPS) is 16.3. The van der Waals surface area contributed by atoms with Crippen LogP contribution in [0.2, 0.25) is 10.0 Å². The third kappa shape index (κ3) is 1.77. The number of nitrogens with zero attached hydrogens (tertiary/aromatic N) is 1. The van der Waals surface area contributed by atoms with Crippen LogP contribution in [0.25, 0.3) is 0 Å². The molecule has 2 N–H and O–H groups in total. The number of nitrogens with two attached hydrogens (primary N) is 1. The van der Waals surface area contributed by atoms with E-state index in [9.17, 15) is 0 Å².